The van der Waals surface area contributed by atoms with Gasteiger partial charge in [-0.1, -0.05) is 0 Å². The minimum absolute atomic E-state index is 0. The maximum atomic E-state index is 11.2. The van der Waals surface area contributed by atoms with Gasteiger partial charge in [0.2, 0.25) is 5.91 Å². The number of hydrogen-bond donors (Lipinski definition) is 2. The maximum Gasteiger partial charge on any atom is 0.217 e. The lowest BCUT2D eigenvalue weighted by molar-refractivity contribution is -0.119. The normalized spacial score (nSPS) is 14.9. The molecule has 0 spiro atoms. The number of carbonyl (C=O) groups excluding carboxylic acids is 1. The Hall–Kier alpha value is -1.37. The molecule has 3 heterocycles. The van der Waals surface area contributed by atoms with Crippen LogP contribution in [0.5, 0.6) is 0 Å². The molecule has 0 atom stereocenters. The zero-order valence-corrected chi connectivity index (χ0v) is 15.0. The predicted molar refractivity (Wildman–Crippen MR) is 94.6 cm³/mol. The first-order valence-electron chi connectivity index (χ1n) is 7.44. The Morgan fingerprint density at radius 2 is 2.09 bits per heavy atom. The fourth-order valence-electron chi connectivity index (χ4n) is 2.99. The highest BCUT2D eigenvalue weighted by Gasteiger charge is 2.22. The van der Waals surface area contributed by atoms with Crippen LogP contribution in [-0.4, -0.2) is 33.6 Å². The maximum absolute atomic E-state index is 11.2. The first-order valence-corrected chi connectivity index (χ1v) is 7.44. The highest BCUT2D eigenvalue weighted by atomic mass is 35.5. The molecule has 0 aliphatic carbocycles. The van der Waals surface area contributed by atoms with E-state index in [0.29, 0.717) is 12.5 Å². The van der Waals surface area contributed by atoms with E-state index >= 15 is 0 Å². The molecule has 6 nitrogen and oxygen atoms in total. The van der Waals surface area contributed by atoms with Crippen LogP contribution >= 0.6 is 24.8 Å². The lowest BCUT2D eigenvalue weighted by Crippen LogP contribution is -2.29. The molecule has 1 fully saturated rings. The number of rotatable bonds is 3. The van der Waals surface area contributed by atoms with Gasteiger partial charge in [-0.3, -0.25) is 4.79 Å². The predicted octanol–water partition coefficient (Wildman–Crippen LogP) is 1.98. The third-order valence-corrected chi connectivity index (χ3v) is 3.98. The average molecular weight is 360 g/mol. The molecule has 2 N–H and O–H groups in total. The Kier molecular flexibility index (Phi) is 7.25. The van der Waals surface area contributed by atoms with Crippen molar-refractivity contribution in [3.63, 3.8) is 0 Å². The first-order chi connectivity index (χ1) is 10.1. The third kappa shape index (κ3) is 4.34. The molecule has 0 aromatic carbocycles. The summed E-state index contributed by atoms with van der Waals surface area (Å²) in [4.78, 5) is 15.7. The van der Waals surface area contributed by atoms with E-state index in [1.807, 2.05) is 23.7 Å². The molecular weight excluding hydrogens is 337 g/mol. The third-order valence-electron chi connectivity index (χ3n) is 3.98. The van der Waals surface area contributed by atoms with Crippen LogP contribution in [0.1, 0.15) is 42.6 Å². The van der Waals surface area contributed by atoms with Gasteiger partial charge in [0.15, 0.2) is 5.65 Å². The van der Waals surface area contributed by atoms with Crippen molar-refractivity contribution < 1.29 is 4.79 Å². The molecule has 1 saturated heterocycles. The lowest BCUT2D eigenvalue weighted by Gasteiger charge is -2.25. The van der Waals surface area contributed by atoms with Crippen LogP contribution in [-0.2, 0) is 11.3 Å². The molecule has 0 radical (unpaired) electrons. The Bertz CT molecular complexity index is 667. The smallest absolute Gasteiger partial charge is 0.217 e. The Labute approximate surface area is 148 Å². The van der Waals surface area contributed by atoms with E-state index in [1.165, 1.54) is 12.6 Å². The zero-order chi connectivity index (χ0) is 14.8. The summed E-state index contributed by atoms with van der Waals surface area (Å²) in [6, 6.07) is 1.99. The molecule has 8 heteroatoms. The van der Waals surface area contributed by atoms with Gasteiger partial charge in [0, 0.05) is 37.2 Å². The largest absolute Gasteiger partial charge is 0.352 e. The van der Waals surface area contributed by atoms with Crippen LogP contribution in [0.2, 0.25) is 0 Å². The second-order valence-corrected chi connectivity index (χ2v) is 5.66. The van der Waals surface area contributed by atoms with Gasteiger partial charge in [0.1, 0.15) is 0 Å². The number of nitrogens with zero attached hydrogens (tertiary/aromatic N) is 3. The van der Waals surface area contributed by atoms with Crippen molar-refractivity contribution in [3.05, 3.63) is 29.2 Å². The van der Waals surface area contributed by atoms with Crippen molar-refractivity contribution in [1.29, 1.82) is 0 Å². The van der Waals surface area contributed by atoms with Crippen LogP contribution in [0.4, 0.5) is 0 Å². The number of aromatic nitrogens is 3. The Balaban J connectivity index is 0.00000132. The number of halogens is 2. The molecule has 0 bridgehead atoms. The van der Waals surface area contributed by atoms with Crippen molar-refractivity contribution in [1.82, 2.24) is 25.2 Å². The molecule has 0 unspecified atom stereocenters. The molecule has 128 valence electrons. The monoisotopic (exact) mass is 359 g/mol. The summed E-state index contributed by atoms with van der Waals surface area (Å²) in [5, 5.41) is 10.9. The lowest BCUT2D eigenvalue weighted by atomic mass is 9.91. The van der Waals surface area contributed by atoms with Gasteiger partial charge in [-0.05, 0) is 32.9 Å². The topological polar surface area (TPSA) is 71.3 Å². The summed E-state index contributed by atoms with van der Waals surface area (Å²) in [6.45, 7) is 6.07. The number of piperidine rings is 1. The number of carbonyl (C=O) groups is 1. The molecule has 2 aromatic heterocycles. The Morgan fingerprint density at radius 3 is 2.74 bits per heavy atom. The molecule has 1 aliphatic heterocycles. The summed E-state index contributed by atoms with van der Waals surface area (Å²) >= 11 is 0. The zero-order valence-electron chi connectivity index (χ0n) is 13.3. The number of amides is 1. The van der Waals surface area contributed by atoms with E-state index in [2.05, 4.69) is 20.7 Å². The number of hydrogen-bond acceptors (Lipinski definition) is 4. The fourth-order valence-corrected chi connectivity index (χ4v) is 2.99. The van der Waals surface area contributed by atoms with Crippen LogP contribution in [0, 0.1) is 6.92 Å². The van der Waals surface area contributed by atoms with E-state index in [9.17, 15) is 4.79 Å². The van der Waals surface area contributed by atoms with Crippen LogP contribution < -0.4 is 10.6 Å². The summed E-state index contributed by atoms with van der Waals surface area (Å²) in [5.74, 6) is 0.433. The van der Waals surface area contributed by atoms with E-state index in [1.54, 1.807) is 0 Å². The highest BCUT2D eigenvalue weighted by Crippen LogP contribution is 2.28. The molecule has 3 rings (SSSR count). The number of nitrogens with one attached hydrogen (secondary N) is 2. The van der Waals surface area contributed by atoms with Crippen molar-refractivity contribution in [2.45, 2.75) is 39.2 Å². The quantitative estimate of drug-likeness (QED) is 0.878. The first kappa shape index (κ1) is 19.7. The number of fused-ring (bicyclic) bond motifs is 1. The van der Waals surface area contributed by atoms with E-state index in [4.69, 9.17) is 0 Å². The molecule has 1 aliphatic rings. The summed E-state index contributed by atoms with van der Waals surface area (Å²) in [5.41, 5.74) is 4.11. The van der Waals surface area contributed by atoms with Crippen molar-refractivity contribution >= 4 is 36.4 Å². The summed E-state index contributed by atoms with van der Waals surface area (Å²) in [7, 11) is 0. The second-order valence-electron chi connectivity index (χ2n) is 5.66. The highest BCUT2D eigenvalue weighted by molar-refractivity contribution is 5.85. The van der Waals surface area contributed by atoms with Gasteiger partial charge in [-0.2, -0.15) is 5.10 Å². The molecule has 2 aromatic rings. The van der Waals surface area contributed by atoms with Gasteiger partial charge >= 0.3 is 0 Å². The SMILES string of the molecule is CC(=O)NCc1cnc2cc(C)nn2c1C1CCNCC1.Cl.Cl. The molecule has 0 saturated carbocycles. The molecule has 1 amide bonds. The van der Waals surface area contributed by atoms with E-state index in [0.717, 1.165) is 42.8 Å². The number of aryl methyl sites for hydroxylation is 1. The fraction of sp³-hybridized carbons (Fsp3) is 0.533. The van der Waals surface area contributed by atoms with Crippen molar-refractivity contribution in [2.75, 3.05) is 13.1 Å². The van der Waals surface area contributed by atoms with Crippen molar-refractivity contribution in [3.8, 4) is 0 Å². The van der Waals surface area contributed by atoms with Crippen LogP contribution in [0.3, 0.4) is 0 Å². The molecule has 23 heavy (non-hydrogen) atoms. The standard InChI is InChI=1S/C15H21N5O.2ClH/c1-10-7-14-18-9-13(8-17-11(2)21)15(20(14)19-10)12-3-5-16-6-4-12;;/h7,9,12,16H,3-6,8H2,1-2H3,(H,17,21);2*1H. The van der Waals surface area contributed by atoms with Gasteiger partial charge in [-0.25, -0.2) is 9.50 Å². The minimum Gasteiger partial charge on any atom is -0.352 e. The summed E-state index contributed by atoms with van der Waals surface area (Å²) in [6.07, 6.45) is 4.06. The average Bonchev–Trinajstić information content (AvgIpc) is 2.85. The Morgan fingerprint density at radius 1 is 1.39 bits per heavy atom. The molecular formula is C15H23Cl2N5O. The van der Waals surface area contributed by atoms with Gasteiger partial charge in [0.25, 0.3) is 0 Å². The second kappa shape index (κ2) is 8.47. The van der Waals surface area contributed by atoms with Crippen molar-refractivity contribution in [2.24, 2.45) is 0 Å². The summed E-state index contributed by atoms with van der Waals surface area (Å²) < 4.78 is 1.96. The van der Waals surface area contributed by atoms with Gasteiger partial charge in [0.05, 0.1) is 11.4 Å². The van der Waals surface area contributed by atoms with Crippen LogP contribution in [0.25, 0.3) is 5.65 Å². The van der Waals surface area contributed by atoms with Crippen LogP contribution in [0.15, 0.2) is 12.3 Å². The minimum atomic E-state index is -0.0250. The van der Waals surface area contributed by atoms with E-state index < -0.39 is 0 Å². The van der Waals surface area contributed by atoms with E-state index in [-0.39, 0.29) is 30.7 Å². The van der Waals surface area contributed by atoms with Gasteiger partial charge in [-0.15, -0.1) is 24.8 Å². The van der Waals surface area contributed by atoms with Gasteiger partial charge < -0.3 is 10.6 Å².